The van der Waals surface area contributed by atoms with E-state index in [2.05, 4.69) is 45.3 Å². The molecule has 4 aromatic rings. The summed E-state index contributed by atoms with van der Waals surface area (Å²) in [4.78, 5) is 18.4. The number of benzene rings is 3. The van der Waals surface area contributed by atoms with Crippen LogP contribution in [0.15, 0.2) is 59.1 Å². The van der Waals surface area contributed by atoms with Crippen LogP contribution < -0.4 is 9.80 Å². The van der Waals surface area contributed by atoms with Crippen molar-refractivity contribution < 1.29 is 14.1 Å². The molecule has 158 valence electrons. The summed E-state index contributed by atoms with van der Waals surface area (Å²) in [6.07, 6.45) is 0.960. The minimum atomic E-state index is 0.0363. The number of nitrogens with zero attached hydrogens (tertiary/aromatic N) is 3. The second-order valence-corrected chi connectivity index (χ2v) is 8.53. The highest BCUT2D eigenvalue weighted by Crippen LogP contribution is 2.49. The normalized spacial score (nSPS) is 17.1. The number of para-hydroxylation sites is 1. The number of carbonyl (C=O) groups excluding carboxylic acids is 1. The second-order valence-electron chi connectivity index (χ2n) is 8.53. The monoisotopic (exact) mass is 423 g/mol. The van der Waals surface area contributed by atoms with Crippen molar-refractivity contribution in [3.05, 3.63) is 71.3 Å². The molecule has 7 rings (SSSR count). The van der Waals surface area contributed by atoms with E-state index in [0.717, 1.165) is 53.9 Å². The molecule has 32 heavy (non-hydrogen) atoms. The number of morpholine rings is 1. The van der Waals surface area contributed by atoms with Crippen molar-refractivity contribution in [2.24, 2.45) is 0 Å². The van der Waals surface area contributed by atoms with Gasteiger partial charge in [0.25, 0.3) is 0 Å². The van der Waals surface area contributed by atoms with Gasteiger partial charge in [0.1, 0.15) is 5.52 Å². The summed E-state index contributed by atoms with van der Waals surface area (Å²) in [5.41, 5.74) is 7.37. The maximum Gasteiger partial charge on any atom is 0.196 e. The number of anilines is 3. The van der Waals surface area contributed by atoms with Crippen LogP contribution in [0.4, 0.5) is 17.1 Å². The Morgan fingerprint density at radius 1 is 0.844 bits per heavy atom. The molecule has 0 N–H and O–H groups in total. The highest BCUT2D eigenvalue weighted by Gasteiger charge is 2.36. The van der Waals surface area contributed by atoms with Crippen LogP contribution in [-0.4, -0.2) is 43.8 Å². The van der Waals surface area contributed by atoms with Gasteiger partial charge in [0.15, 0.2) is 11.5 Å². The van der Waals surface area contributed by atoms with Gasteiger partial charge in [-0.1, -0.05) is 47.6 Å². The first-order chi connectivity index (χ1) is 15.8. The fourth-order valence-electron chi connectivity index (χ4n) is 5.37. The van der Waals surface area contributed by atoms with Crippen molar-refractivity contribution in [1.29, 1.82) is 0 Å². The minimum absolute atomic E-state index is 0.0363. The standard InChI is InChI=1S/C26H21N3O3/c30-25-17-6-2-3-7-18(17)26-23-22(25)20(29-10-9-16-5-1-4-8-19(16)29)15-21(24(23)27-32-26)28-11-13-31-14-12-28/h1-8,15H,9-14H2. The molecule has 6 heteroatoms. The van der Waals surface area contributed by atoms with E-state index >= 15 is 0 Å². The Morgan fingerprint density at radius 2 is 1.62 bits per heavy atom. The molecule has 0 spiro atoms. The van der Waals surface area contributed by atoms with Crippen LogP contribution in [0.2, 0.25) is 0 Å². The lowest BCUT2D eigenvalue weighted by atomic mass is 9.86. The molecule has 2 aliphatic heterocycles. The number of hydrogen-bond donors (Lipinski definition) is 0. The molecule has 0 bridgehead atoms. The summed E-state index contributed by atoms with van der Waals surface area (Å²) in [6, 6.07) is 18.3. The molecule has 1 saturated heterocycles. The fraction of sp³-hybridized carbons (Fsp3) is 0.231. The van der Waals surface area contributed by atoms with Crippen molar-refractivity contribution in [2.45, 2.75) is 6.42 Å². The maximum absolute atomic E-state index is 13.8. The first-order valence-electron chi connectivity index (χ1n) is 11.1. The number of ether oxygens (including phenoxy) is 1. The Morgan fingerprint density at radius 3 is 2.50 bits per heavy atom. The van der Waals surface area contributed by atoms with Gasteiger partial charge >= 0.3 is 0 Å². The molecule has 3 aromatic carbocycles. The van der Waals surface area contributed by atoms with Crippen molar-refractivity contribution in [3.63, 3.8) is 0 Å². The van der Waals surface area contributed by atoms with Crippen LogP contribution >= 0.6 is 0 Å². The summed E-state index contributed by atoms with van der Waals surface area (Å²) in [5, 5.41) is 5.31. The Kier molecular flexibility index (Phi) is 3.75. The summed E-state index contributed by atoms with van der Waals surface area (Å²) in [7, 11) is 0. The lowest BCUT2D eigenvalue weighted by Gasteiger charge is -2.32. The van der Waals surface area contributed by atoms with Crippen LogP contribution in [-0.2, 0) is 11.2 Å². The van der Waals surface area contributed by atoms with Crippen molar-refractivity contribution in [1.82, 2.24) is 5.16 Å². The molecule has 0 unspecified atom stereocenters. The number of rotatable bonds is 2. The number of hydrogen-bond acceptors (Lipinski definition) is 6. The molecule has 0 atom stereocenters. The predicted molar refractivity (Wildman–Crippen MR) is 123 cm³/mol. The van der Waals surface area contributed by atoms with E-state index in [1.165, 1.54) is 11.3 Å². The maximum atomic E-state index is 13.8. The van der Waals surface area contributed by atoms with Crippen LogP contribution in [0.1, 0.15) is 21.5 Å². The Balaban J connectivity index is 1.55. The van der Waals surface area contributed by atoms with E-state index in [1.807, 2.05) is 24.3 Å². The molecule has 0 saturated carbocycles. The van der Waals surface area contributed by atoms with Gasteiger partial charge in [0.2, 0.25) is 0 Å². The summed E-state index contributed by atoms with van der Waals surface area (Å²) in [5.74, 6) is 0.725. The molecule has 0 amide bonds. The van der Waals surface area contributed by atoms with Crippen LogP contribution in [0, 0.1) is 0 Å². The topological polar surface area (TPSA) is 58.8 Å². The molecular formula is C26H21N3O3. The highest BCUT2D eigenvalue weighted by molar-refractivity contribution is 6.29. The number of aromatic nitrogens is 1. The molecule has 6 nitrogen and oxygen atoms in total. The van der Waals surface area contributed by atoms with E-state index in [4.69, 9.17) is 9.26 Å². The summed E-state index contributed by atoms with van der Waals surface area (Å²) < 4.78 is 11.5. The van der Waals surface area contributed by atoms with E-state index < -0.39 is 0 Å². The van der Waals surface area contributed by atoms with Gasteiger partial charge in [0.05, 0.1) is 35.5 Å². The largest absolute Gasteiger partial charge is 0.378 e. The van der Waals surface area contributed by atoms with Gasteiger partial charge < -0.3 is 19.1 Å². The van der Waals surface area contributed by atoms with E-state index in [9.17, 15) is 4.79 Å². The van der Waals surface area contributed by atoms with Crippen molar-refractivity contribution in [3.8, 4) is 11.3 Å². The first-order valence-corrected chi connectivity index (χ1v) is 11.1. The van der Waals surface area contributed by atoms with Crippen LogP contribution in [0.3, 0.4) is 0 Å². The lowest BCUT2D eigenvalue weighted by Crippen LogP contribution is -2.36. The van der Waals surface area contributed by atoms with Crippen molar-refractivity contribution in [2.75, 3.05) is 42.6 Å². The predicted octanol–water partition coefficient (Wildman–Crippen LogP) is 4.57. The quantitative estimate of drug-likeness (QED) is 0.415. The van der Waals surface area contributed by atoms with Crippen molar-refractivity contribution >= 4 is 33.7 Å². The Bertz CT molecular complexity index is 1400. The number of carbonyl (C=O) groups is 1. The number of ketones is 1. The third-order valence-corrected chi connectivity index (χ3v) is 6.89. The van der Waals surface area contributed by atoms with Gasteiger partial charge in [-0.3, -0.25) is 4.79 Å². The molecule has 1 aromatic heterocycles. The third-order valence-electron chi connectivity index (χ3n) is 6.89. The zero-order chi connectivity index (χ0) is 21.2. The van der Waals surface area contributed by atoms with Crippen LogP contribution in [0.25, 0.3) is 22.2 Å². The average molecular weight is 423 g/mol. The molecule has 3 aliphatic rings. The van der Waals surface area contributed by atoms with E-state index in [1.54, 1.807) is 0 Å². The molecule has 1 fully saturated rings. The zero-order valence-corrected chi connectivity index (χ0v) is 17.5. The summed E-state index contributed by atoms with van der Waals surface area (Å²) >= 11 is 0. The minimum Gasteiger partial charge on any atom is -0.378 e. The zero-order valence-electron chi connectivity index (χ0n) is 17.5. The summed E-state index contributed by atoms with van der Waals surface area (Å²) in [6.45, 7) is 3.78. The lowest BCUT2D eigenvalue weighted by molar-refractivity contribution is 0.104. The highest BCUT2D eigenvalue weighted by atomic mass is 16.5. The molecule has 0 radical (unpaired) electrons. The van der Waals surface area contributed by atoms with Gasteiger partial charge in [0, 0.05) is 36.4 Å². The smallest absolute Gasteiger partial charge is 0.196 e. The third kappa shape index (κ3) is 2.38. The Labute approximate surface area is 185 Å². The van der Waals surface area contributed by atoms with Gasteiger partial charge in [-0.15, -0.1) is 0 Å². The van der Waals surface area contributed by atoms with E-state index in [0.29, 0.717) is 30.1 Å². The molecule has 1 aliphatic carbocycles. The molecule has 3 heterocycles. The van der Waals surface area contributed by atoms with Gasteiger partial charge in [-0.2, -0.15) is 0 Å². The number of fused-ring (bicyclic) bond motifs is 3. The first kappa shape index (κ1) is 18.0. The fourth-order valence-corrected chi connectivity index (χ4v) is 5.37. The van der Waals surface area contributed by atoms with Gasteiger partial charge in [-0.05, 0) is 24.1 Å². The SMILES string of the molecule is O=C1c2ccccc2-c2onc3c(N4CCOCC4)cc(N4CCc5ccccc54)c1c23. The molecular weight excluding hydrogens is 402 g/mol. The Hall–Kier alpha value is -3.64. The van der Waals surface area contributed by atoms with Crippen LogP contribution in [0.5, 0.6) is 0 Å². The average Bonchev–Trinajstić information content (AvgIpc) is 3.48. The van der Waals surface area contributed by atoms with Gasteiger partial charge in [-0.25, -0.2) is 0 Å². The second kappa shape index (κ2) is 6.68. The van der Waals surface area contributed by atoms with E-state index in [-0.39, 0.29) is 5.78 Å².